The van der Waals surface area contributed by atoms with Crippen molar-refractivity contribution in [1.29, 1.82) is 0 Å². The molecule has 0 unspecified atom stereocenters. The summed E-state index contributed by atoms with van der Waals surface area (Å²) in [6, 6.07) is 3.79. The van der Waals surface area contributed by atoms with E-state index < -0.39 is 11.7 Å². The van der Waals surface area contributed by atoms with E-state index in [0.29, 0.717) is 5.56 Å². The standard InChI is InChI=1S/C14H14F3NO2/c1-8(2)20-13-9(7-19)6-18-12-10(13)4-3-5-11(12)14(15,16)17/h3-6,8,19H,7H2,1-2H3. The van der Waals surface area contributed by atoms with E-state index in [1.165, 1.54) is 18.3 Å². The summed E-state index contributed by atoms with van der Waals surface area (Å²) in [5.41, 5.74) is -0.619. The first kappa shape index (κ1) is 14.6. The van der Waals surface area contributed by atoms with Crippen LogP contribution in [0.3, 0.4) is 0 Å². The third-order valence-electron chi connectivity index (χ3n) is 2.75. The lowest BCUT2D eigenvalue weighted by atomic mass is 10.1. The highest BCUT2D eigenvalue weighted by atomic mass is 19.4. The van der Waals surface area contributed by atoms with E-state index in [0.717, 1.165) is 6.07 Å². The second-order valence-electron chi connectivity index (χ2n) is 4.64. The van der Waals surface area contributed by atoms with Gasteiger partial charge in [-0.2, -0.15) is 13.2 Å². The number of halogens is 3. The average Bonchev–Trinajstić information content (AvgIpc) is 2.36. The Morgan fingerprint density at radius 2 is 2.00 bits per heavy atom. The number of rotatable bonds is 3. The SMILES string of the molecule is CC(C)Oc1c(CO)cnc2c(C(F)(F)F)cccc12. The summed E-state index contributed by atoms with van der Waals surface area (Å²) in [5.74, 6) is 0.249. The molecule has 2 aromatic rings. The van der Waals surface area contributed by atoms with Gasteiger partial charge in [0.1, 0.15) is 5.75 Å². The number of hydrogen-bond acceptors (Lipinski definition) is 3. The molecule has 0 amide bonds. The van der Waals surface area contributed by atoms with E-state index in [1.807, 2.05) is 0 Å². The monoisotopic (exact) mass is 285 g/mol. The minimum absolute atomic E-state index is 0.173. The summed E-state index contributed by atoms with van der Waals surface area (Å²) >= 11 is 0. The lowest BCUT2D eigenvalue weighted by molar-refractivity contribution is -0.136. The van der Waals surface area contributed by atoms with Crippen molar-refractivity contribution in [1.82, 2.24) is 4.98 Å². The Balaban J connectivity index is 2.75. The van der Waals surface area contributed by atoms with E-state index in [-0.39, 0.29) is 29.4 Å². The Morgan fingerprint density at radius 3 is 2.55 bits per heavy atom. The van der Waals surface area contributed by atoms with Crippen LogP contribution in [0, 0.1) is 0 Å². The first-order valence-electron chi connectivity index (χ1n) is 6.10. The van der Waals surface area contributed by atoms with Crippen LogP contribution < -0.4 is 4.74 Å². The van der Waals surface area contributed by atoms with Crippen molar-refractivity contribution in [3.8, 4) is 5.75 Å². The number of fused-ring (bicyclic) bond motifs is 1. The maximum absolute atomic E-state index is 13.0. The Bertz CT molecular complexity index is 624. The molecule has 0 fully saturated rings. The largest absolute Gasteiger partial charge is 0.490 e. The smallest absolute Gasteiger partial charge is 0.418 e. The normalized spacial score (nSPS) is 12.2. The topological polar surface area (TPSA) is 42.4 Å². The van der Waals surface area contributed by atoms with Gasteiger partial charge in [0.15, 0.2) is 0 Å². The molecular formula is C14H14F3NO2. The molecule has 0 bridgehead atoms. The van der Waals surface area contributed by atoms with E-state index in [9.17, 15) is 18.3 Å². The Labute approximate surface area is 114 Å². The number of pyridine rings is 1. The molecule has 2 rings (SSSR count). The quantitative estimate of drug-likeness (QED) is 0.938. The molecule has 1 N–H and O–H groups in total. The molecule has 1 aromatic heterocycles. The predicted octanol–water partition coefficient (Wildman–Crippen LogP) is 3.53. The molecule has 108 valence electrons. The molecule has 0 aliphatic carbocycles. The van der Waals surface area contributed by atoms with Crippen LogP contribution in [0.2, 0.25) is 0 Å². The van der Waals surface area contributed by atoms with Crippen LogP contribution >= 0.6 is 0 Å². The third kappa shape index (κ3) is 2.70. The van der Waals surface area contributed by atoms with Gasteiger partial charge in [0, 0.05) is 17.1 Å². The van der Waals surface area contributed by atoms with Gasteiger partial charge in [0.2, 0.25) is 0 Å². The number of benzene rings is 1. The number of hydrogen-bond donors (Lipinski definition) is 1. The summed E-state index contributed by atoms with van der Waals surface area (Å²) in [6.07, 6.45) is -3.49. The fraction of sp³-hybridized carbons (Fsp3) is 0.357. The molecule has 0 aliphatic heterocycles. The summed E-state index contributed by atoms with van der Waals surface area (Å²) in [4.78, 5) is 3.83. The van der Waals surface area contributed by atoms with Crippen LogP contribution in [-0.2, 0) is 12.8 Å². The number of aromatic nitrogens is 1. The Hall–Kier alpha value is -1.82. The summed E-state index contributed by atoms with van der Waals surface area (Å²) < 4.78 is 44.4. The van der Waals surface area contributed by atoms with E-state index in [1.54, 1.807) is 13.8 Å². The summed E-state index contributed by atoms with van der Waals surface area (Å²) in [6.45, 7) is 3.18. The second kappa shape index (κ2) is 5.28. The number of para-hydroxylation sites is 1. The van der Waals surface area contributed by atoms with Crippen molar-refractivity contribution in [2.24, 2.45) is 0 Å². The van der Waals surface area contributed by atoms with Crippen molar-refractivity contribution in [2.75, 3.05) is 0 Å². The maximum atomic E-state index is 13.0. The van der Waals surface area contributed by atoms with Gasteiger partial charge in [0.25, 0.3) is 0 Å². The van der Waals surface area contributed by atoms with Gasteiger partial charge in [0.05, 0.1) is 23.8 Å². The molecule has 0 saturated heterocycles. The molecule has 6 heteroatoms. The molecule has 0 spiro atoms. The Kier molecular flexibility index (Phi) is 3.85. The fourth-order valence-corrected chi connectivity index (χ4v) is 1.96. The molecule has 20 heavy (non-hydrogen) atoms. The highest BCUT2D eigenvalue weighted by molar-refractivity contribution is 5.89. The number of aliphatic hydroxyl groups is 1. The van der Waals surface area contributed by atoms with Gasteiger partial charge in [-0.25, -0.2) is 0 Å². The molecule has 0 radical (unpaired) electrons. The molecule has 0 aliphatic rings. The Morgan fingerprint density at radius 1 is 1.30 bits per heavy atom. The van der Waals surface area contributed by atoms with Gasteiger partial charge < -0.3 is 9.84 Å². The first-order chi connectivity index (χ1) is 9.34. The van der Waals surface area contributed by atoms with Gasteiger partial charge >= 0.3 is 6.18 Å². The van der Waals surface area contributed by atoms with Crippen LogP contribution in [0.25, 0.3) is 10.9 Å². The molecule has 0 atom stereocenters. The van der Waals surface area contributed by atoms with Gasteiger partial charge in [-0.05, 0) is 26.0 Å². The first-order valence-corrected chi connectivity index (χ1v) is 6.10. The molecule has 3 nitrogen and oxygen atoms in total. The fourth-order valence-electron chi connectivity index (χ4n) is 1.96. The molecule has 0 saturated carbocycles. The van der Waals surface area contributed by atoms with Crippen LogP contribution in [0.1, 0.15) is 25.0 Å². The highest BCUT2D eigenvalue weighted by Crippen LogP contribution is 2.37. The zero-order valence-electron chi connectivity index (χ0n) is 11.0. The van der Waals surface area contributed by atoms with E-state index in [2.05, 4.69) is 4.98 Å². The lowest BCUT2D eigenvalue weighted by Gasteiger charge is -2.17. The number of alkyl halides is 3. The van der Waals surface area contributed by atoms with Crippen molar-refractivity contribution in [3.63, 3.8) is 0 Å². The molecular weight excluding hydrogens is 271 g/mol. The number of aliphatic hydroxyl groups excluding tert-OH is 1. The number of ether oxygens (including phenoxy) is 1. The zero-order chi connectivity index (χ0) is 14.9. The van der Waals surface area contributed by atoms with Gasteiger partial charge in [-0.15, -0.1) is 0 Å². The summed E-state index contributed by atoms with van der Waals surface area (Å²) in [7, 11) is 0. The minimum Gasteiger partial charge on any atom is -0.490 e. The van der Waals surface area contributed by atoms with E-state index >= 15 is 0 Å². The lowest BCUT2D eigenvalue weighted by Crippen LogP contribution is -2.11. The minimum atomic E-state index is -4.48. The molecule has 1 heterocycles. The van der Waals surface area contributed by atoms with Crippen molar-refractivity contribution in [2.45, 2.75) is 32.7 Å². The van der Waals surface area contributed by atoms with Crippen molar-refractivity contribution in [3.05, 3.63) is 35.5 Å². The van der Waals surface area contributed by atoms with Crippen LogP contribution in [0.5, 0.6) is 5.75 Å². The zero-order valence-corrected chi connectivity index (χ0v) is 11.0. The highest BCUT2D eigenvalue weighted by Gasteiger charge is 2.33. The van der Waals surface area contributed by atoms with Crippen molar-refractivity contribution >= 4 is 10.9 Å². The number of nitrogens with zero attached hydrogens (tertiary/aromatic N) is 1. The van der Waals surface area contributed by atoms with E-state index in [4.69, 9.17) is 4.74 Å². The van der Waals surface area contributed by atoms with Crippen LogP contribution in [0.15, 0.2) is 24.4 Å². The maximum Gasteiger partial charge on any atom is 0.418 e. The summed E-state index contributed by atoms with van der Waals surface area (Å²) in [5, 5.41) is 9.53. The average molecular weight is 285 g/mol. The van der Waals surface area contributed by atoms with Gasteiger partial charge in [-0.3, -0.25) is 4.98 Å². The second-order valence-corrected chi connectivity index (χ2v) is 4.64. The predicted molar refractivity (Wildman–Crippen MR) is 68.4 cm³/mol. The van der Waals surface area contributed by atoms with Crippen molar-refractivity contribution < 1.29 is 23.0 Å². The van der Waals surface area contributed by atoms with Crippen LogP contribution in [0.4, 0.5) is 13.2 Å². The third-order valence-corrected chi connectivity index (χ3v) is 2.75. The van der Waals surface area contributed by atoms with Crippen LogP contribution in [-0.4, -0.2) is 16.2 Å². The van der Waals surface area contributed by atoms with Gasteiger partial charge in [-0.1, -0.05) is 6.07 Å². The molecule has 1 aromatic carbocycles.